The van der Waals surface area contributed by atoms with Crippen molar-refractivity contribution < 1.29 is 19.7 Å². The molecule has 98 valence electrons. The smallest absolute Gasteiger partial charge is 0.333 e. The molecule has 0 saturated carbocycles. The molecule has 4 nitrogen and oxygen atoms in total. The van der Waals surface area contributed by atoms with E-state index in [0.717, 1.165) is 11.8 Å². The van der Waals surface area contributed by atoms with Crippen LogP contribution in [0.3, 0.4) is 0 Å². The van der Waals surface area contributed by atoms with Crippen molar-refractivity contribution in [1.82, 2.24) is 0 Å². The number of ether oxygens (including phenoxy) is 1. The van der Waals surface area contributed by atoms with E-state index < -0.39 is 5.97 Å². The van der Waals surface area contributed by atoms with Gasteiger partial charge in [-0.3, -0.25) is 0 Å². The van der Waals surface area contributed by atoms with Crippen molar-refractivity contribution in [3.8, 4) is 0 Å². The molecule has 0 fully saturated rings. The van der Waals surface area contributed by atoms with E-state index in [1.54, 1.807) is 13.0 Å². The van der Waals surface area contributed by atoms with Gasteiger partial charge in [-0.15, -0.1) is 0 Å². The number of esters is 1. The predicted molar refractivity (Wildman–Crippen MR) is 71.0 cm³/mol. The highest BCUT2D eigenvalue weighted by molar-refractivity contribution is 5.86. The van der Waals surface area contributed by atoms with Crippen LogP contribution in [0.15, 0.2) is 48.7 Å². The van der Waals surface area contributed by atoms with Crippen LogP contribution >= 0.6 is 0 Å². The Morgan fingerprint density at radius 2 is 2.00 bits per heavy atom. The minimum atomic E-state index is -0.455. The summed E-state index contributed by atoms with van der Waals surface area (Å²) < 4.78 is 4.46. The van der Waals surface area contributed by atoms with E-state index in [1.807, 2.05) is 30.3 Å². The first kappa shape index (κ1) is 15.9. The molecule has 0 aliphatic heterocycles. The predicted octanol–water partition coefficient (Wildman–Crippen LogP) is 2.31. The highest BCUT2D eigenvalue weighted by atomic mass is 16.5. The monoisotopic (exact) mass is 250 g/mol. The quantitative estimate of drug-likeness (QED) is 0.489. The summed E-state index contributed by atoms with van der Waals surface area (Å²) in [7, 11) is 0. The summed E-state index contributed by atoms with van der Waals surface area (Å²) in [5, 5.41) is 16.5. The molecule has 0 heterocycles. The molecule has 0 aliphatic rings. The van der Waals surface area contributed by atoms with Crippen molar-refractivity contribution in [1.29, 1.82) is 0 Å². The van der Waals surface area contributed by atoms with Gasteiger partial charge in [-0.2, -0.15) is 0 Å². The van der Waals surface area contributed by atoms with Gasteiger partial charge in [0.1, 0.15) is 6.61 Å². The van der Waals surface area contributed by atoms with Gasteiger partial charge in [0.2, 0.25) is 0 Å². The lowest BCUT2D eigenvalue weighted by molar-refractivity contribution is -0.139. The van der Waals surface area contributed by atoms with Crippen LogP contribution in [-0.4, -0.2) is 29.4 Å². The van der Waals surface area contributed by atoms with Gasteiger partial charge in [-0.05, 0) is 18.6 Å². The number of hydrogen-bond acceptors (Lipinski definition) is 4. The Morgan fingerprint density at radius 1 is 1.39 bits per heavy atom. The zero-order valence-corrected chi connectivity index (χ0v) is 10.4. The molecule has 0 bridgehead atoms. The first-order valence-electron chi connectivity index (χ1n) is 5.41. The molecule has 0 aliphatic carbocycles. The average Bonchev–Trinajstić information content (AvgIpc) is 2.38. The third-order valence-electron chi connectivity index (χ3n) is 1.74. The van der Waals surface area contributed by atoms with Crippen LogP contribution in [0.2, 0.25) is 0 Å². The lowest BCUT2D eigenvalue weighted by Gasteiger charge is -1.99. The van der Waals surface area contributed by atoms with Gasteiger partial charge < -0.3 is 14.9 Å². The molecule has 0 atom stereocenters. The maximum absolute atomic E-state index is 10.5. The SMILES string of the molecule is C=C(C)C(=O)OCCO.OC=Cc1ccccc1. The molecule has 1 aromatic carbocycles. The van der Waals surface area contributed by atoms with Crippen molar-refractivity contribution in [2.24, 2.45) is 0 Å². The number of hydrogen-bond donors (Lipinski definition) is 2. The molecule has 0 saturated heterocycles. The van der Waals surface area contributed by atoms with Crippen molar-refractivity contribution in [3.05, 3.63) is 54.3 Å². The normalized spacial score (nSPS) is 9.44. The zero-order chi connectivity index (χ0) is 13.8. The van der Waals surface area contributed by atoms with Crippen molar-refractivity contribution >= 4 is 12.0 Å². The Labute approximate surface area is 107 Å². The number of benzene rings is 1. The highest BCUT2D eigenvalue weighted by Gasteiger charge is 1.99. The second kappa shape index (κ2) is 10.1. The molecular weight excluding hydrogens is 232 g/mol. The number of carbonyl (C=O) groups is 1. The second-order valence-corrected chi connectivity index (χ2v) is 3.37. The summed E-state index contributed by atoms with van der Waals surface area (Å²) in [6, 6.07) is 9.64. The van der Waals surface area contributed by atoms with Crippen LogP contribution in [0.4, 0.5) is 0 Å². The summed E-state index contributed by atoms with van der Waals surface area (Å²) in [5.41, 5.74) is 1.36. The van der Waals surface area contributed by atoms with E-state index in [4.69, 9.17) is 10.2 Å². The lowest BCUT2D eigenvalue weighted by atomic mass is 10.2. The average molecular weight is 250 g/mol. The highest BCUT2D eigenvalue weighted by Crippen LogP contribution is 1.98. The van der Waals surface area contributed by atoms with Crippen LogP contribution in [0.1, 0.15) is 12.5 Å². The molecule has 0 unspecified atom stereocenters. The number of aliphatic hydroxyl groups is 2. The van der Waals surface area contributed by atoms with Gasteiger partial charge in [0, 0.05) is 5.57 Å². The Balaban J connectivity index is 0.000000321. The van der Waals surface area contributed by atoms with E-state index in [9.17, 15) is 4.79 Å². The van der Waals surface area contributed by atoms with E-state index in [0.29, 0.717) is 5.57 Å². The molecule has 18 heavy (non-hydrogen) atoms. The Bertz CT molecular complexity index is 382. The number of aliphatic hydroxyl groups excluding tert-OH is 2. The van der Waals surface area contributed by atoms with Gasteiger partial charge in [0.05, 0.1) is 12.9 Å². The van der Waals surface area contributed by atoms with Crippen molar-refractivity contribution in [2.45, 2.75) is 6.92 Å². The standard InChI is InChI=1S/C8H8O.C6H10O3/c9-7-6-8-4-2-1-3-5-8;1-5(2)6(8)9-4-3-7/h1-7,9H;7H,1,3-4H2,2H3. The zero-order valence-electron chi connectivity index (χ0n) is 10.4. The molecular formula is C14H18O4. The Hall–Kier alpha value is -2.07. The van der Waals surface area contributed by atoms with Crippen LogP contribution in [0, 0.1) is 0 Å². The molecule has 1 rings (SSSR count). The van der Waals surface area contributed by atoms with E-state index in [2.05, 4.69) is 11.3 Å². The van der Waals surface area contributed by atoms with Crippen molar-refractivity contribution in [2.75, 3.05) is 13.2 Å². The van der Waals surface area contributed by atoms with Gasteiger partial charge in [0.25, 0.3) is 0 Å². The number of carbonyl (C=O) groups excluding carboxylic acids is 1. The first-order chi connectivity index (χ1) is 8.61. The van der Waals surface area contributed by atoms with Crippen molar-refractivity contribution in [3.63, 3.8) is 0 Å². The summed E-state index contributed by atoms with van der Waals surface area (Å²) in [5.74, 6) is -0.455. The summed E-state index contributed by atoms with van der Waals surface area (Å²) >= 11 is 0. The molecule has 1 aromatic rings. The third kappa shape index (κ3) is 8.13. The summed E-state index contributed by atoms with van der Waals surface area (Å²) in [6.45, 7) is 4.81. The van der Waals surface area contributed by atoms with Crippen LogP contribution in [0.5, 0.6) is 0 Å². The minimum Gasteiger partial charge on any atom is -0.516 e. The van der Waals surface area contributed by atoms with Crippen LogP contribution in [0.25, 0.3) is 6.08 Å². The lowest BCUT2D eigenvalue weighted by Crippen LogP contribution is -2.08. The Morgan fingerprint density at radius 3 is 2.44 bits per heavy atom. The summed E-state index contributed by atoms with van der Waals surface area (Å²) in [6.07, 6.45) is 2.68. The molecule has 0 spiro atoms. The van der Waals surface area contributed by atoms with E-state index >= 15 is 0 Å². The minimum absolute atomic E-state index is 0.0473. The first-order valence-corrected chi connectivity index (χ1v) is 5.41. The molecule has 4 heteroatoms. The third-order valence-corrected chi connectivity index (χ3v) is 1.74. The van der Waals surface area contributed by atoms with Gasteiger partial charge in [0.15, 0.2) is 0 Å². The number of rotatable bonds is 4. The second-order valence-electron chi connectivity index (χ2n) is 3.37. The molecule has 0 amide bonds. The molecule has 0 radical (unpaired) electrons. The van der Waals surface area contributed by atoms with Gasteiger partial charge in [-0.1, -0.05) is 36.9 Å². The molecule has 2 N–H and O–H groups in total. The van der Waals surface area contributed by atoms with E-state index in [1.165, 1.54) is 0 Å². The van der Waals surface area contributed by atoms with Gasteiger partial charge in [-0.25, -0.2) is 4.79 Å². The largest absolute Gasteiger partial charge is 0.516 e. The van der Waals surface area contributed by atoms with Crippen LogP contribution < -0.4 is 0 Å². The molecule has 0 aromatic heterocycles. The topological polar surface area (TPSA) is 66.8 Å². The van der Waals surface area contributed by atoms with E-state index in [-0.39, 0.29) is 13.2 Å². The maximum atomic E-state index is 10.5. The maximum Gasteiger partial charge on any atom is 0.333 e. The summed E-state index contributed by atoms with van der Waals surface area (Å²) in [4.78, 5) is 10.5. The van der Waals surface area contributed by atoms with Gasteiger partial charge >= 0.3 is 5.97 Å². The Kier molecular flexibility index (Phi) is 8.95. The fourth-order valence-electron chi connectivity index (χ4n) is 0.912. The fourth-order valence-corrected chi connectivity index (χ4v) is 0.912. The van der Waals surface area contributed by atoms with Crippen LogP contribution in [-0.2, 0) is 9.53 Å². The fraction of sp³-hybridized carbons (Fsp3) is 0.214.